The fourth-order valence-corrected chi connectivity index (χ4v) is 7.42. The number of hydrogen-bond acceptors (Lipinski definition) is 1. The van der Waals surface area contributed by atoms with Gasteiger partial charge >= 0.3 is 0 Å². The van der Waals surface area contributed by atoms with Crippen LogP contribution in [0.1, 0.15) is 11.0 Å². The molecule has 0 atom stereocenters. The predicted octanol–water partition coefficient (Wildman–Crippen LogP) is 15.3. The van der Waals surface area contributed by atoms with Crippen LogP contribution in [0.3, 0.4) is 0 Å². The molecule has 0 unspecified atom stereocenters. The summed E-state index contributed by atoms with van der Waals surface area (Å²) in [7, 11) is 0. The van der Waals surface area contributed by atoms with E-state index < -0.39 is 24.2 Å². The second kappa shape index (κ2) is 14.0. The molecule has 0 heterocycles. The van der Waals surface area contributed by atoms with E-state index in [1.54, 1.807) is 18.2 Å². The van der Waals surface area contributed by atoms with E-state index in [-0.39, 0.29) is 46.7 Å². The van der Waals surface area contributed by atoms with Crippen molar-refractivity contribution in [3.63, 3.8) is 0 Å². The number of nitrogens with zero attached hydrogens (tertiary/aromatic N) is 1. The highest BCUT2D eigenvalue weighted by Gasteiger charge is 2.16. The molecule has 0 aliphatic heterocycles. The molecule has 0 aliphatic rings. The lowest BCUT2D eigenvalue weighted by Crippen LogP contribution is -2.10. The minimum Gasteiger partial charge on any atom is -0.310 e. The first kappa shape index (κ1) is 24.9. The third kappa shape index (κ3) is 6.22. The Morgan fingerprint density at radius 3 is 1.55 bits per heavy atom. The Kier molecular flexibility index (Phi) is 6.33. The molecular formula is C54H37N. The van der Waals surface area contributed by atoms with Crippen molar-refractivity contribution in [3.8, 4) is 44.5 Å². The Bertz CT molecular complexity index is 3400. The molecule has 1 heteroatoms. The Morgan fingerprint density at radius 2 is 0.800 bits per heavy atom. The van der Waals surface area contributed by atoms with Gasteiger partial charge < -0.3 is 4.90 Å². The van der Waals surface area contributed by atoms with Gasteiger partial charge in [0, 0.05) is 17.1 Å². The average Bonchev–Trinajstić information content (AvgIpc) is 3.32. The molecule has 0 aromatic heterocycles. The Morgan fingerprint density at radius 1 is 0.273 bits per heavy atom. The van der Waals surface area contributed by atoms with Crippen LogP contribution >= 0.6 is 0 Å². The molecule has 0 N–H and O–H groups in total. The van der Waals surface area contributed by atoms with Crippen LogP contribution in [0.2, 0.25) is 0 Å². The van der Waals surface area contributed by atoms with E-state index in [9.17, 15) is 11.0 Å². The maximum atomic E-state index is 9.71. The van der Waals surface area contributed by atoms with Gasteiger partial charge in [0.1, 0.15) is 0 Å². The first-order valence-corrected chi connectivity index (χ1v) is 18.3. The van der Waals surface area contributed by atoms with Gasteiger partial charge in [-0.15, -0.1) is 0 Å². The standard InChI is InChI=1S/C54H37N/c1-2-12-38(13-3-1)43-17-10-18-44(34-43)40-26-30-48(31-27-40)55(50-20-11-19-45(36-50)46-25-24-39-14-4-5-15-42(39)35-46)49-32-28-41(29-33-49)54-37-47-16-6-7-21-51(47)52-22-8-9-23-53(52)54/h1-37H/i26D,27D,28D,29D,30D,31D,32D,33D. The lowest BCUT2D eigenvalue weighted by molar-refractivity contribution is 1.28. The summed E-state index contributed by atoms with van der Waals surface area (Å²) >= 11 is 0. The minimum absolute atomic E-state index is 0.106. The van der Waals surface area contributed by atoms with E-state index in [0.717, 1.165) is 54.6 Å². The molecule has 0 amide bonds. The third-order valence-corrected chi connectivity index (χ3v) is 10.2. The highest BCUT2D eigenvalue weighted by Crippen LogP contribution is 2.40. The van der Waals surface area contributed by atoms with E-state index in [2.05, 4.69) is 6.07 Å². The van der Waals surface area contributed by atoms with Crippen molar-refractivity contribution >= 4 is 49.4 Å². The molecular weight excluding hydrogens is 663 g/mol. The van der Waals surface area contributed by atoms with Crippen molar-refractivity contribution in [2.24, 2.45) is 0 Å². The molecule has 0 fully saturated rings. The predicted molar refractivity (Wildman–Crippen MR) is 235 cm³/mol. The quantitative estimate of drug-likeness (QED) is 0.149. The van der Waals surface area contributed by atoms with Crippen molar-refractivity contribution in [1.29, 1.82) is 0 Å². The van der Waals surface area contributed by atoms with Crippen molar-refractivity contribution in [3.05, 3.63) is 224 Å². The second-order valence-corrected chi connectivity index (χ2v) is 13.5. The van der Waals surface area contributed by atoms with Gasteiger partial charge in [0.25, 0.3) is 0 Å². The van der Waals surface area contributed by atoms with Gasteiger partial charge in [-0.3, -0.25) is 0 Å². The molecule has 10 rings (SSSR count). The highest BCUT2D eigenvalue weighted by molar-refractivity contribution is 6.13. The van der Waals surface area contributed by atoms with E-state index in [0.29, 0.717) is 16.8 Å². The number of hydrogen-bond donors (Lipinski definition) is 0. The molecule has 1 nitrogen and oxygen atoms in total. The van der Waals surface area contributed by atoms with Crippen molar-refractivity contribution in [1.82, 2.24) is 0 Å². The zero-order chi connectivity index (χ0) is 43.5. The maximum Gasteiger partial charge on any atom is 0.0645 e. The zero-order valence-electron chi connectivity index (χ0n) is 37.7. The SMILES string of the molecule is [2H]c1c([2H])c(N(c2cccc(-c3ccc4ccccc4c3)c2)c2c([2H])c([2H])c(-c3cc4ccccc4c4ccccc34)c([2H])c2[2H])c([2H])c([2H])c1-c1cccc(-c2ccccc2)c1. The van der Waals surface area contributed by atoms with E-state index >= 15 is 0 Å². The summed E-state index contributed by atoms with van der Waals surface area (Å²) in [6.45, 7) is 0. The van der Waals surface area contributed by atoms with Crippen LogP contribution < -0.4 is 4.90 Å². The summed E-state index contributed by atoms with van der Waals surface area (Å²) in [6.07, 6.45) is 0. The summed E-state index contributed by atoms with van der Waals surface area (Å²) in [6, 6.07) is 53.2. The number of fused-ring (bicyclic) bond motifs is 4. The highest BCUT2D eigenvalue weighted by atomic mass is 15.1. The lowest BCUT2D eigenvalue weighted by Gasteiger charge is -2.26. The largest absolute Gasteiger partial charge is 0.310 e. The molecule has 0 aliphatic carbocycles. The number of anilines is 3. The molecule has 0 saturated carbocycles. The lowest BCUT2D eigenvalue weighted by atomic mass is 9.93. The molecule has 0 radical (unpaired) electrons. The van der Waals surface area contributed by atoms with Gasteiger partial charge in [-0.05, 0) is 131 Å². The zero-order valence-corrected chi connectivity index (χ0v) is 29.7. The topological polar surface area (TPSA) is 3.24 Å². The number of benzene rings is 10. The Labute approximate surface area is 333 Å². The van der Waals surface area contributed by atoms with E-state index in [4.69, 9.17) is 0 Å². The van der Waals surface area contributed by atoms with Gasteiger partial charge in [-0.2, -0.15) is 0 Å². The van der Waals surface area contributed by atoms with Gasteiger partial charge in [0.2, 0.25) is 0 Å². The maximum absolute atomic E-state index is 9.71. The summed E-state index contributed by atoms with van der Waals surface area (Å²) < 4.78 is 76.8. The summed E-state index contributed by atoms with van der Waals surface area (Å²) in [4.78, 5) is 1.37. The summed E-state index contributed by atoms with van der Waals surface area (Å²) in [5.74, 6) is 0. The molecule has 258 valence electrons. The van der Waals surface area contributed by atoms with Gasteiger partial charge in [-0.25, -0.2) is 0 Å². The molecule has 10 aromatic rings. The van der Waals surface area contributed by atoms with Crippen LogP contribution in [0.25, 0.3) is 76.8 Å². The van der Waals surface area contributed by atoms with Crippen LogP contribution in [-0.2, 0) is 0 Å². The van der Waals surface area contributed by atoms with Crippen LogP contribution in [-0.4, -0.2) is 0 Å². The monoisotopic (exact) mass is 707 g/mol. The average molecular weight is 708 g/mol. The summed E-state index contributed by atoms with van der Waals surface area (Å²) in [5, 5.41) is 5.67. The van der Waals surface area contributed by atoms with Crippen molar-refractivity contribution < 1.29 is 11.0 Å². The van der Waals surface area contributed by atoms with Crippen molar-refractivity contribution in [2.45, 2.75) is 0 Å². The molecule has 10 aromatic carbocycles. The number of rotatable bonds is 7. The smallest absolute Gasteiger partial charge is 0.0645 e. The van der Waals surface area contributed by atoms with E-state index in [1.807, 2.05) is 152 Å². The molecule has 0 spiro atoms. The Hall–Kier alpha value is -7.22. The normalized spacial score (nSPS) is 13.3. The van der Waals surface area contributed by atoms with Crippen LogP contribution in [0.15, 0.2) is 224 Å². The van der Waals surface area contributed by atoms with Gasteiger partial charge in [0.15, 0.2) is 0 Å². The van der Waals surface area contributed by atoms with E-state index in [1.165, 1.54) is 4.90 Å². The molecule has 55 heavy (non-hydrogen) atoms. The molecule has 0 saturated heterocycles. The summed E-state index contributed by atoms with van der Waals surface area (Å²) in [5.41, 5.74) is 4.64. The molecule has 0 bridgehead atoms. The fourth-order valence-electron chi connectivity index (χ4n) is 7.42. The van der Waals surface area contributed by atoms with Gasteiger partial charge in [0.05, 0.1) is 11.0 Å². The van der Waals surface area contributed by atoms with Crippen LogP contribution in [0.4, 0.5) is 17.1 Å². The first-order valence-electron chi connectivity index (χ1n) is 22.3. The van der Waals surface area contributed by atoms with Crippen LogP contribution in [0, 0.1) is 0 Å². The van der Waals surface area contributed by atoms with Crippen LogP contribution in [0.5, 0.6) is 0 Å². The minimum atomic E-state index is -0.395. The van der Waals surface area contributed by atoms with Crippen molar-refractivity contribution in [2.75, 3.05) is 4.90 Å². The fraction of sp³-hybridized carbons (Fsp3) is 0. The van der Waals surface area contributed by atoms with Gasteiger partial charge in [-0.1, -0.05) is 170 Å². The Balaban J connectivity index is 1.22. The second-order valence-electron chi connectivity index (χ2n) is 13.5. The first-order chi connectivity index (χ1) is 30.6. The third-order valence-electron chi connectivity index (χ3n) is 10.2.